The number of carbonyl (C=O) groups excluding carboxylic acids is 1. The van der Waals surface area contributed by atoms with Gasteiger partial charge in [0.05, 0.1) is 39.9 Å². The summed E-state index contributed by atoms with van der Waals surface area (Å²) < 4.78 is 32.4. The lowest BCUT2D eigenvalue weighted by molar-refractivity contribution is -0.122. The van der Waals surface area contributed by atoms with Crippen molar-refractivity contribution >= 4 is 11.6 Å². The average molecular weight is 483 g/mol. The van der Waals surface area contributed by atoms with Crippen molar-refractivity contribution in [3.63, 3.8) is 0 Å². The van der Waals surface area contributed by atoms with E-state index >= 15 is 0 Å². The Morgan fingerprint density at radius 2 is 1.60 bits per heavy atom. The largest absolute Gasteiger partial charge is 0.504 e. The van der Waals surface area contributed by atoms with E-state index in [0.29, 0.717) is 34.3 Å². The maximum atomic E-state index is 13.5. The predicted octanol–water partition coefficient (Wildman–Crippen LogP) is 3.22. The zero-order valence-electron chi connectivity index (χ0n) is 19.8. The number of nitrogens with one attached hydrogen (secondary N) is 1. The van der Waals surface area contributed by atoms with Crippen molar-refractivity contribution in [3.05, 3.63) is 63.7 Å². The van der Waals surface area contributed by atoms with Gasteiger partial charge in [0.1, 0.15) is 11.5 Å². The molecule has 0 saturated heterocycles. The lowest BCUT2D eigenvalue weighted by atomic mass is 9.88. The monoisotopic (exact) mass is 483 g/mol. The topological polar surface area (TPSA) is 126 Å². The molecule has 0 spiro atoms. The lowest BCUT2D eigenvalue weighted by Crippen LogP contribution is -2.35. The molecule has 1 aliphatic rings. The van der Waals surface area contributed by atoms with Crippen LogP contribution in [0.15, 0.2) is 45.6 Å². The zero-order chi connectivity index (χ0) is 25.3. The highest BCUT2D eigenvalue weighted by atomic mass is 16.5. The summed E-state index contributed by atoms with van der Waals surface area (Å²) in [5, 5.41) is 13.1. The first-order chi connectivity index (χ1) is 16.8. The summed E-state index contributed by atoms with van der Waals surface area (Å²) in [6.45, 7) is 1.61. The number of rotatable bonds is 7. The highest BCUT2D eigenvalue weighted by Gasteiger charge is 2.43. The maximum absolute atomic E-state index is 13.5. The third kappa shape index (κ3) is 4.30. The van der Waals surface area contributed by atoms with Crippen LogP contribution >= 0.6 is 0 Å². The summed E-state index contributed by atoms with van der Waals surface area (Å²) in [5.41, 5.74) is 0.403. The van der Waals surface area contributed by atoms with E-state index in [-0.39, 0.29) is 22.8 Å². The quantitative estimate of drug-likeness (QED) is 0.521. The summed E-state index contributed by atoms with van der Waals surface area (Å²) >= 11 is 0. The fourth-order valence-electron chi connectivity index (χ4n) is 4.14. The molecule has 0 saturated carbocycles. The van der Waals surface area contributed by atoms with Gasteiger partial charge in [0.15, 0.2) is 29.1 Å². The van der Waals surface area contributed by atoms with Gasteiger partial charge in [0.2, 0.25) is 5.75 Å². The van der Waals surface area contributed by atoms with Crippen LogP contribution in [0, 0.1) is 6.92 Å². The van der Waals surface area contributed by atoms with E-state index in [0.717, 1.165) is 0 Å². The Balaban J connectivity index is 1.75. The number of methoxy groups -OCH3 is 4. The van der Waals surface area contributed by atoms with Gasteiger partial charge in [-0.05, 0) is 24.6 Å². The molecule has 184 valence electrons. The van der Waals surface area contributed by atoms with Crippen molar-refractivity contribution in [2.75, 3.05) is 33.8 Å². The summed E-state index contributed by atoms with van der Waals surface area (Å²) in [4.78, 5) is 26.2. The van der Waals surface area contributed by atoms with Crippen LogP contribution < -0.4 is 34.6 Å². The molecule has 35 heavy (non-hydrogen) atoms. The first-order valence-corrected chi connectivity index (χ1v) is 10.6. The number of fused-ring (bicyclic) bond motifs is 1. The molecule has 2 N–H and O–H groups in total. The van der Waals surface area contributed by atoms with Crippen LogP contribution in [0.3, 0.4) is 0 Å². The summed E-state index contributed by atoms with van der Waals surface area (Å²) in [5.74, 6) is 0.392. The Labute approximate surface area is 200 Å². The molecule has 3 aromatic rings. The van der Waals surface area contributed by atoms with Crippen molar-refractivity contribution in [1.29, 1.82) is 0 Å². The number of aryl methyl sites for hydroxylation is 1. The average Bonchev–Trinajstić information content (AvgIpc) is 3.23. The second-order valence-corrected chi connectivity index (χ2v) is 7.77. The first kappa shape index (κ1) is 23.8. The zero-order valence-corrected chi connectivity index (χ0v) is 19.8. The van der Waals surface area contributed by atoms with Gasteiger partial charge in [-0.25, -0.2) is 4.79 Å². The second-order valence-electron chi connectivity index (χ2n) is 7.77. The van der Waals surface area contributed by atoms with Crippen molar-refractivity contribution in [1.82, 2.24) is 0 Å². The minimum absolute atomic E-state index is 0.140. The number of phenols is 1. The molecule has 0 aliphatic carbocycles. The van der Waals surface area contributed by atoms with Crippen LogP contribution in [0.4, 0.5) is 5.69 Å². The minimum atomic E-state index is -1.14. The van der Waals surface area contributed by atoms with Gasteiger partial charge in [0.25, 0.3) is 5.91 Å². The third-order valence-electron chi connectivity index (χ3n) is 5.69. The van der Waals surface area contributed by atoms with Crippen LogP contribution in [0.25, 0.3) is 0 Å². The van der Waals surface area contributed by atoms with Gasteiger partial charge in [-0.2, -0.15) is 0 Å². The standard InChI is InChI=1S/C25H25NO9/c1-12-8-17-21(25(29)34-12)20(13-6-7-16(30-2)15(27)9-13)23(35-17)24(28)26-14-10-18(31-3)22(33-5)19(11-14)32-4/h6-11,20,23,27H,1-5H3,(H,26,28)/t20-,23-/m1/s1. The SMILES string of the molecule is COc1ccc([C@@H]2c3c(cc(C)oc3=O)O[C@H]2C(=O)Nc2cc(OC)c(OC)c(OC)c2)cc1O. The summed E-state index contributed by atoms with van der Waals surface area (Å²) in [6.07, 6.45) is -1.14. The van der Waals surface area contributed by atoms with E-state index in [1.165, 1.54) is 34.5 Å². The highest BCUT2D eigenvalue weighted by molar-refractivity contribution is 5.97. The number of ether oxygens (including phenoxy) is 5. The normalized spacial score (nSPS) is 16.1. The molecular formula is C25H25NO9. The third-order valence-corrected chi connectivity index (χ3v) is 5.69. The number of hydrogen-bond acceptors (Lipinski definition) is 9. The van der Waals surface area contributed by atoms with Crippen LogP contribution in [-0.4, -0.2) is 45.6 Å². The number of phenolic OH excluding ortho intramolecular Hbond substituents is 1. The van der Waals surface area contributed by atoms with Crippen LogP contribution in [0.5, 0.6) is 34.5 Å². The molecule has 0 fully saturated rings. The molecule has 10 nitrogen and oxygen atoms in total. The number of carbonyl (C=O) groups is 1. The number of hydrogen-bond donors (Lipinski definition) is 2. The van der Waals surface area contributed by atoms with Gasteiger partial charge in [-0.1, -0.05) is 6.07 Å². The molecule has 2 atom stereocenters. The van der Waals surface area contributed by atoms with Gasteiger partial charge in [-0.3, -0.25) is 4.79 Å². The summed E-state index contributed by atoms with van der Waals surface area (Å²) in [7, 11) is 5.83. The van der Waals surface area contributed by atoms with E-state index in [1.807, 2.05) is 0 Å². The van der Waals surface area contributed by atoms with Gasteiger partial charge in [-0.15, -0.1) is 0 Å². The van der Waals surface area contributed by atoms with Gasteiger partial charge in [0, 0.05) is 23.9 Å². The van der Waals surface area contributed by atoms with Crippen molar-refractivity contribution in [2.24, 2.45) is 0 Å². The number of benzene rings is 2. The lowest BCUT2D eigenvalue weighted by Gasteiger charge is -2.20. The molecule has 0 bridgehead atoms. The first-order valence-electron chi connectivity index (χ1n) is 10.6. The molecule has 1 aliphatic heterocycles. The molecule has 10 heteroatoms. The van der Waals surface area contributed by atoms with Crippen LogP contribution in [-0.2, 0) is 4.79 Å². The molecule has 4 rings (SSSR count). The minimum Gasteiger partial charge on any atom is -0.504 e. The molecule has 2 aromatic carbocycles. The molecular weight excluding hydrogens is 458 g/mol. The van der Waals surface area contributed by atoms with E-state index in [1.54, 1.807) is 37.3 Å². The Hall–Kier alpha value is -4.34. The Morgan fingerprint density at radius 1 is 0.943 bits per heavy atom. The maximum Gasteiger partial charge on any atom is 0.343 e. The summed E-state index contributed by atoms with van der Waals surface area (Å²) in [6, 6.07) is 9.34. The van der Waals surface area contributed by atoms with E-state index in [2.05, 4.69) is 5.32 Å². The van der Waals surface area contributed by atoms with Gasteiger partial charge >= 0.3 is 5.63 Å². The fourth-order valence-corrected chi connectivity index (χ4v) is 4.14. The highest BCUT2D eigenvalue weighted by Crippen LogP contribution is 2.44. The molecule has 2 heterocycles. The molecule has 1 amide bonds. The predicted molar refractivity (Wildman–Crippen MR) is 125 cm³/mol. The number of amides is 1. The Kier molecular flexibility index (Phi) is 6.46. The van der Waals surface area contributed by atoms with E-state index in [9.17, 15) is 14.7 Å². The second kappa shape index (κ2) is 9.49. The van der Waals surface area contributed by atoms with Crippen LogP contribution in [0.2, 0.25) is 0 Å². The molecule has 0 unspecified atom stereocenters. The number of aromatic hydroxyl groups is 1. The smallest absolute Gasteiger partial charge is 0.343 e. The Bertz CT molecular complexity index is 1310. The van der Waals surface area contributed by atoms with E-state index in [4.69, 9.17) is 28.1 Å². The van der Waals surface area contributed by atoms with Crippen molar-refractivity contribution in [3.8, 4) is 34.5 Å². The Morgan fingerprint density at radius 3 is 2.17 bits per heavy atom. The number of anilines is 1. The molecule has 1 aromatic heterocycles. The fraction of sp³-hybridized carbons (Fsp3) is 0.280. The molecule has 0 radical (unpaired) electrons. The van der Waals surface area contributed by atoms with Crippen molar-refractivity contribution < 1.29 is 38.0 Å². The van der Waals surface area contributed by atoms with Gasteiger partial charge < -0.3 is 38.5 Å². The van der Waals surface area contributed by atoms with Crippen LogP contribution in [0.1, 0.15) is 22.8 Å². The van der Waals surface area contributed by atoms with Crippen molar-refractivity contribution in [2.45, 2.75) is 18.9 Å². The van der Waals surface area contributed by atoms with E-state index < -0.39 is 23.6 Å².